The number of hydrogen-bond donors (Lipinski definition) is 1. The summed E-state index contributed by atoms with van der Waals surface area (Å²) in [6, 6.07) is 11.2. The van der Waals surface area contributed by atoms with Crippen molar-refractivity contribution >= 4 is 57.3 Å². The number of fused-ring (bicyclic) bond motifs is 2. The minimum absolute atomic E-state index is 0.0915. The lowest BCUT2D eigenvalue weighted by molar-refractivity contribution is -0.402. The number of carbonyl (C=O) groups excluding carboxylic acids is 2. The number of benzene rings is 3. The smallest absolute Gasteiger partial charge is 0.310 e. The number of nitro groups is 6. The molecule has 53 heavy (non-hydrogen) atoms. The fraction of sp³-hybridized carbons (Fsp3) is 0.333. The van der Waals surface area contributed by atoms with Crippen LogP contribution in [-0.4, -0.2) is 72.4 Å². The van der Waals surface area contributed by atoms with Gasteiger partial charge in [0.15, 0.2) is 17.2 Å². The third-order valence-electron chi connectivity index (χ3n) is 9.03. The van der Waals surface area contributed by atoms with Gasteiger partial charge in [-0.3, -0.25) is 75.2 Å². The zero-order valence-electron chi connectivity index (χ0n) is 27.6. The van der Waals surface area contributed by atoms with Crippen molar-refractivity contribution < 1.29 is 43.9 Å². The summed E-state index contributed by atoms with van der Waals surface area (Å²) in [6.45, 7) is 0. The molecule has 2 saturated heterocycles. The number of hydrogen-bond acceptors (Lipinski definition) is 17. The number of piperidine rings is 1. The first-order valence-corrected chi connectivity index (χ1v) is 15.3. The number of non-ortho nitro benzene ring substituents is 2. The summed E-state index contributed by atoms with van der Waals surface area (Å²) >= 11 is 0. The van der Waals surface area contributed by atoms with Crippen LogP contribution in [0.25, 0.3) is 0 Å². The van der Waals surface area contributed by atoms with Crippen molar-refractivity contribution in [2.45, 2.75) is 37.8 Å². The van der Waals surface area contributed by atoms with Crippen molar-refractivity contribution in [1.82, 2.24) is 4.90 Å². The zero-order chi connectivity index (χ0) is 39.3. The highest BCUT2D eigenvalue weighted by atomic mass is 16.6. The van der Waals surface area contributed by atoms with E-state index in [1.807, 2.05) is 35.6 Å². The van der Waals surface area contributed by atoms with Gasteiger partial charge < -0.3 is 10.1 Å². The number of nitro benzene ring substituents is 6. The van der Waals surface area contributed by atoms with Gasteiger partial charge in [0.25, 0.3) is 11.4 Å². The van der Waals surface area contributed by atoms with Crippen LogP contribution in [0.4, 0.5) is 45.5 Å². The molecule has 23 heteroatoms. The molecular weight excluding hydrogens is 712 g/mol. The standard InChI is InChI=1S/C18H23NO3.C12H5N7O12/c1-19-14-8-9-15(19)17(18(21)22-2)13(10-14)11-16(20)12-6-4-3-5-7-12;20-14(21)5-1-7(16(24)25)11(8(2-5)17(26)27)13-12-9(18(28)29)3-6(15(22)23)4-10(12)19(30)31/h3-7,13-15,17H,8-11H2,1-2H3;1-4,13H/t13-,14+,15-,17+;/m1./s1. The monoisotopic (exact) mass is 740 g/mol. The molecule has 0 saturated carbocycles. The maximum atomic E-state index is 12.5. The fourth-order valence-corrected chi connectivity index (χ4v) is 6.61. The maximum Gasteiger partial charge on any atom is 0.310 e. The Balaban J connectivity index is 0.000000250. The second-order valence-electron chi connectivity index (χ2n) is 11.9. The van der Waals surface area contributed by atoms with E-state index in [0.717, 1.165) is 24.8 Å². The Morgan fingerprint density at radius 2 is 1.15 bits per heavy atom. The van der Waals surface area contributed by atoms with Crippen molar-refractivity contribution in [3.8, 4) is 0 Å². The van der Waals surface area contributed by atoms with Crippen LogP contribution in [-0.2, 0) is 9.53 Å². The molecule has 0 spiro atoms. The lowest BCUT2D eigenvalue weighted by Gasteiger charge is -2.41. The fourth-order valence-electron chi connectivity index (χ4n) is 6.61. The van der Waals surface area contributed by atoms with E-state index in [2.05, 4.69) is 11.9 Å². The van der Waals surface area contributed by atoms with Crippen molar-refractivity contribution in [2.24, 2.45) is 11.8 Å². The number of methoxy groups -OCH3 is 1. The van der Waals surface area contributed by atoms with Gasteiger partial charge in [0.05, 0.1) is 66.8 Å². The molecule has 2 heterocycles. The molecule has 23 nitrogen and oxygen atoms in total. The number of Topliss-reactive ketones (excluding diaryl/α,β-unsaturated/α-hetero) is 1. The van der Waals surface area contributed by atoms with E-state index in [9.17, 15) is 70.3 Å². The molecule has 278 valence electrons. The quantitative estimate of drug-likeness (QED) is 0.105. The maximum absolute atomic E-state index is 12.5. The van der Waals surface area contributed by atoms with E-state index >= 15 is 0 Å². The summed E-state index contributed by atoms with van der Waals surface area (Å²) < 4.78 is 5.03. The SMILES string of the molecule is COC(=O)[C@H]1[C@@H](CC(=O)c2ccccc2)C[C@@H]2CC[C@H]1N2C.O=[N+]([O-])c1cc([N+](=O)[O-])c(Nc2c([N+](=O)[O-])cc([N+](=O)[O-])cc2[N+](=O)[O-])c([N+](=O)[O-])c1. The van der Waals surface area contributed by atoms with Crippen LogP contribution in [0, 0.1) is 72.5 Å². The lowest BCUT2D eigenvalue weighted by atomic mass is 9.77. The summed E-state index contributed by atoms with van der Waals surface area (Å²) in [7, 11) is 3.53. The summed E-state index contributed by atoms with van der Waals surface area (Å²) in [4.78, 5) is 86.6. The summed E-state index contributed by atoms with van der Waals surface area (Å²) in [5.74, 6) is -0.123. The number of esters is 1. The molecule has 0 aliphatic carbocycles. The third kappa shape index (κ3) is 8.30. The van der Waals surface area contributed by atoms with Gasteiger partial charge in [0.2, 0.25) is 0 Å². The van der Waals surface area contributed by atoms with Gasteiger partial charge in [0.1, 0.15) is 0 Å². The Morgan fingerprint density at radius 1 is 0.717 bits per heavy atom. The average Bonchev–Trinajstić information content (AvgIpc) is 3.34. The highest BCUT2D eigenvalue weighted by Crippen LogP contribution is 2.46. The Hall–Kier alpha value is -7.04. The summed E-state index contributed by atoms with van der Waals surface area (Å²) in [5.41, 5.74) is -8.93. The number of ether oxygens (including phenoxy) is 1. The molecular formula is C30H28N8O15. The van der Waals surface area contributed by atoms with E-state index in [1.54, 1.807) is 0 Å². The molecule has 5 rings (SSSR count). The Morgan fingerprint density at radius 3 is 1.53 bits per heavy atom. The molecule has 2 bridgehead atoms. The first-order chi connectivity index (χ1) is 25.0. The van der Waals surface area contributed by atoms with Crippen LogP contribution in [0.3, 0.4) is 0 Å². The first kappa shape index (κ1) is 38.8. The van der Waals surface area contributed by atoms with Crippen LogP contribution in [0.2, 0.25) is 0 Å². The largest absolute Gasteiger partial charge is 0.469 e. The molecule has 4 atom stereocenters. The minimum atomic E-state index is -1.30. The number of nitrogens with zero attached hydrogens (tertiary/aromatic N) is 7. The number of carbonyl (C=O) groups is 2. The molecule has 3 aromatic rings. The third-order valence-corrected chi connectivity index (χ3v) is 9.03. The van der Waals surface area contributed by atoms with Gasteiger partial charge in [-0.05, 0) is 32.2 Å². The predicted molar refractivity (Wildman–Crippen MR) is 180 cm³/mol. The Bertz CT molecular complexity index is 1860. The Labute approximate surface area is 296 Å². The molecule has 2 fully saturated rings. The summed E-state index contributed by atoms with van der Waals surface area (Å²) in [6.07, 6.45) is 3.48. The average molecular weight is 741 g/mol. The molecule has 3 aromatic carbocycles. The number of anilines is 2. The normalized spacial score (nSPS) is 18.8. The van der Waals surface area contributed by atoms with Gasteiger partial charge >= 0.3 is 28.7 Å². The number of rotatable bonds is 12. The van der Waals surface area contributed by atoms with Crippen molar-refractivity contribution in [3.05, 3.63) is 121 Å². The van der Waals surface area contributed by atoms with Gasteiger partial charge in [-0.15, -0.1) is 0 Å². The number of ketones is 1. The molecule has 2 aliphatic heterocycles. The van der Waals surface area contributed by atoms with Gasteiger partial charge in [0, 0.05) is 24.1 Å². The molecule has 2 aliphatic rings. The van der Waals surface area contributed by atoms with E-state index in [1.165, 1.54) is 7.11 Å². The van der Waals surface area contributed by atoms with E-state index in [4.69, 9.17) is 4.74 Å². The van der Waals surface area contributed by atoms with E-state index < -0.39 is 75.0 Å². The highest BCUT2D eigenvalue weighted by Gasteiger charge is 2.49. The Kier molecular flexibility index (Phi) is 11.6. The number of nitrogens with one attached hydrogen (secondary N) is 1. The topological polar surface area (TPSA) is 317 Å². The first-order valence-electron chi connectivity index (χ1n) is 15.3. The van der Waals surface area contributed by atoms with Gasteiger partial charge in [-0.1, -0.05) is 30.3 Å². The highest BCUT2D eigenvalue weighted by molar-refractivity contribution is 5.96. The lowest BCUT2D eigenvalue weighted by Crippen LogP contribution is -2.50. The van der Waals surface area contributed by atoms with Crippen LogP contribution in [0.5, 0.6) is 0 Å². The van der Waals surface area contributed by atoms with E-state index in [0.29, 0.717) is 36.7 Å². The predicted octanol–water partition coefficient (Wildman–Crippen LogP) is 5.41. The van der Waals surface area contributed by atoms with Crippen LogP contribution >= 0.6 is 0 Å². The molecule has 0 radical (unpaired) electrons. The second-order valence-corrected chi connectivity index (χ2v) is 11.9. The van der Waals surface area contributed by atoms with Crippen LogP contribution < -0.4 is 5.32 Å². The van der Waals surface area contributed by atoms with Crippen molar-refractivity contribution in [2.75, 3.05) is 19.5 Å². The zero-order valence-corrected chi connectivity index (χ0v) is 27.6. The van der Waals surface area contributed by atoms with Crippen molar-refractivity contribution in [3.63, 3.8) is 0 Å². The van der Waals surface area contributed by atoms with E-state index in [-0.39, 0.29) is 29.6 Å². The summed E-state index contributed by atoms with van der Waals surface area (Å²) in [5, 5.41) is 68.9. The molecule has 0 aromatic heterocycles. The van der Waals surface area contributed by atoms with Gasteiger partial charge in [-0.25, -0.2) is 0 Å². The van der Waals surface area contributed by atoms with Crippen molar-refractivity contribution in [1.29, 1.82) is 0 Å². The molecule has 1 N–H and O–H groups in total. The van der Waals surface area contributed by atoms with Gasteiger partial charge in [-0.2, -0.15) is 0 Å². The van der Waals surface area contributed by atoms with Crippen LogP contribution in [0.1, 0.15) is 36.0 Å². The second kappa shape index (κ2) is 15.9. The minimum Gasteiger partial charge on any atom is -0.469 e. The molecule has 0 unspecified atom stereocenters. The van der Waals surface area contributed by atoms with Crippen LogP contribution in [0.15, 0.2) is 54.6 Å². The molecule has 0 amide bonds.